The number of thioether (sulfide) groups is 2. The Kier molecular flexibility index (Phi) is 8.00. The fraction of sp³-hybridized carbons (Fsp3) is 0.333. The number of hydrogen-bond acceptors (Lipinski definition) is 4. The summed E-state index contributed by atoms with van der Waals surface area (Å²) in [4.78, 5) is 22.8. The first kappa shape index (κ1) is 16.4. The van der Waals surface area contributed by atoms with Gasteiger partial charge in [0.25, 0.3) is 0 Å². The topological polar surface area (TPSA) is 66.4 Å². The molecular weight excluding hydrogens is 350 g/mol. The summed E-state index contributed by atoms with van der Waals surface area (Å²) in [7, 11) is 0. The van der Waals surface area contributed by atoms with Crippen LogP contribution in [0.5, 0.6) is 0 Å². The highest BCUT2D eigenvalue weighted by Gasteiger charge is 2.03. The van der Waals surface area contributed by atoms with Crippen LogP contribution in [0.3, 0.4) is 0 Å². The van der Waals surface area contributed by atoms with Crippen LogP contribution in [0.1, 0.15) is 0 Å². The van der Waals surface area contributed by atoms with Crippen LogP contribution in [-0.4, -0.2) is 40.8 Å². The number of aliphatic carboxylic acids is 1. The number of amides is 1. The number of hydrogen-bond donors (Lipinski definition) is 2. The molecule has 0 aliphatic heterocycles. The van der Waals surface area contributed by atoms with E-state index in [1.165, 1.54) is 23.5 Å². The minimum Gasteiger partial charge on any atom is -0.481 e. The van der Waals surface area contributed by atoms with E-state index in [2.05, 4.69) is 21.2 Å². The normalized spacial score (nSPS) is 10.2. The van der Waals surface area contributed by atoms with Gasteiger partial charge in [-0.15, -0.1) is 23.5 Å². The fourth-order valence-electron chi connectivity index (χ4n) is 1.18. The summed E-state index contributed by atoms with van der Waals surface area (Å²) in [5, 5.41) is 11.2. The minimum absolute atomic E-state index is 0.0408. The summed E-state index contributed by atoms with van der Waals surface area (Å²) in [6, 6.07) is 7.77. The Labute approximate surface area is 128 Å². The average molecular weight is 364 g/mol. The Morgan fingerprint density at radius 2 is 2.11 bits per heavy atom. The predicted octanol–water partition coefficient (Wildman–Crippen LogP) is 2.48. The maximum absolute atomic E-state index is 11.5. The molecule has 0 saturated carbocycles. The zero-order valence-electron chi connectivity index (χ0n) is 10.1. The minimum atomic E-state index is -0.832. The van der Waals surface area contributed by atoms with Gasteiger partial charge in [-0.2, -0.15) is 0 Å². The van der Waals surface area contributed by atoms with Crippen LogP contribution >= 0.6 is 39.5 Å². The number of carboxylic acid groups (broad SMARTS) is 1. The lowest BCUT2D eigenvalue weighted by Gasteiger charge is -2.05. The van der Waals surface area contributed by atoms with E-state index in [1.54, 1.807) is 0 Å². The van der Waals surface area contributed by atoms with Crippen molar-refractivity contribution in [2.75, 3.05) is 23.8 Å². The first-order valence-corrected chi connectivity index (χ1v) is 8.46. The van der Waals surface area contributed by atoms with Crippen molar-refractivity contribution >= 4 is 51.3 Å². The highest BCUT2D eigenvalue weighted by molar-refractivity contribution is 9.10. The smallest absolute Gasteiger partial charge is 0.313 e. The number of carboxylic acids is 1. The molecule has 104 valence electrons. The molecule has 0 heterocycles. The molecule has 2 N–H and O–H groups in total. The van der Waals surface area contributed by atoms with Crippen LogP contribution in [0.15, 0.2) is 33.6 Å². The first-order valence-electron chi connectivity index (χ1n) is 5.52. The standard InChI is InChI=1S/C12H14BrNO3S2/c13-9-2-1-3-10(6-9)19-7-11(15)14-4-5-18-8-12(16)17/h1-3,6H,4-5,7-8H2,(H,14,15)(H,16,17). The van der Waals surface area contributed by atoms with E-state index in [9.17, 15) is 9.59 Å². The third-order valence-corrected chi connectivity index (χ3v) is 4.39. The first-order chi connectivity index (χ1) is 9.08. The Hall–Kier alpha value is -0.660. The molecule has 7 heteroatoms. The summed E-state index contributed by atoms with van der Waals surface area (Å²) < 4.78 is 0.989. The predicted molar refractivity (Wildman–Crippen MR) is 82.8 cm³/mol. The molecule has 0 aliphatic carbocycles. The summed E-state index contributed by atoms with van der Waals surface area (Å²) in [6.45, 7) is 0.496. The number of benzene rings is 1. The largest absolute Gasteiger partial charge is 0.481 e. The van der Waals surface area contributed by atoms with E-state index in [-0.39, 0.29) is 11.7 Å². The van der Waals surface area contributed by atoms with Crippen LogP contribution < -0.4 is 5.32 Å². The second-order valence-electron chi connectivity index (χ2n) is 3.54. The van der Waals surface area contributed by atoms with E-state index in [1.807, 2.05) is 24.3 Å². The molecule has 0 fully saturated rings. The van der Waals surface area contributed by atoms with Gasteiger partial charge in [0.2, 0.25) is 5.91 Å². The molecular formula is C12H14BrNO3S2. The van der Waals surface area contributed by atoms with Gasteiger partial charge in [0.05, 0.1) is 11.5 Å². The molecule has 1 aromatic carbocycles. The van der Waals surface area contributed by atoms with Gasteiger partial charge in [-0.05, 0) is 18.2 Å². The van der Waals surface area contributed by atoms with Crippen LogP contribution in [0, 0.1) is 0 Å². The van der Waals surface area contributed by atoms with Crippen molar-refractivity contribution in [3.63, 3.8) is 0 Å². The third kappa shape index (κ3) is 8.18. The quantitative estimate of drug-likeness (QED) is 0.548. The molecule has 1 amide bonds. The van der Waals surface area contributed by atoms with E-state index in [0.717, 1.165) is 9.37 Å². The molecule has 0 aromatic heterocycles. The average Bonchev–Trinajstić information content (AvgIpc) is 2.35. The van der Waals surface area contributed by atoms with E-state index < -0.39 is 5.97 Å². The Bertz CT molecular complexity index is 443. The molecule has 0 aliphatic rings. The lowest BCUT2D eigenvalue weighted by molar-refractivity contribution is -0.133. The van der Waals surface area contributed by atoms with Gasteiger partial charge < -0.3 is 10.4 Å². The van der Waals surface area contributed by atoms with Gasteiger partial charge in [0.15, 0.2) is 0 Å². The summed E-state index contributed by atoms with van der Waals surface area (Å²) in [5.74, 6) is 0.171. The van der Waals surface area contributed by atoms with E-state index in [0.29, 0.717) is 18.1 Å². The highest BCUT2D eigenvalue weighted by Crippen LogP contribution is 2.21. The van der Waals surface area contributed by atoms with E-state index in [4.69, 9.17) is 5.11 Å². The Balaban J connectivity index is 2.13. The summed E-state index contributed by atoms with van der Waals surface area (Å²) in [6.07, 6.45) is 0. The molecule has 0 radical (unpaired) electrons. The van der Waals surface area contributed by atoms with Crippen molar-refractivity contribution in [3.8, 4) is 0 Å². The second-order valence-corrected chi connectivity index (χ2v) is 6.61. The van der Waals surface area contributed by atoms with E-state index >= 15 is 0 Å². The molecule has 0 bridgehead atoms. The van der Waals surface area contributed by atoms with Crippen molar-refractivity contribution in [2.24, 2.45) is 0 Å². The van der Waals surface area contributed by atoms with Crippen LogP contribution in [-0.2, 0) is 9.59 Å². The van der Waals surface area contributed by atoms with Crippen LogP contribution in [0.2, 0.25) is 0 Å². The van der Waals surface area contributed by atoms with Gasteiger partial charge in [-0.25, -0.2) is 0 Å². The van der Waals surface area contributed by atoms with Crippen molar-refractivity contribution in [1.82, 2.24) is 5.32 Å². The number of carbonyl (C=O) groups excluding carboxylic acids is 1. The molecule has 1 aromatic rings. The molecule has 4 nitrogen and oxygen atoms in total. The van der Waals surface area contributed by atoms with Crippen molar-refractivity contribution in [1.29, 1.82) is 0 Å². The Morgan fingerprint density at radius 3 is 2.79 bits per heavy atom. The van der Waals surface area contributed by atoms with Crippen molar-refractivity contribution in [2.45, 2.75) is 4.90 Å². The molecule has 1 rings (SSSR count). The number of rotatable bonds is 8. The maximum atomic E-state index is 11.5. The van der Waals surface area contributed by atoms with Gasteiger partial charge >= 0.3 is 5.97 Å². The second kappa shape index (κ2) is 9.28. The third-order valence-electron chi connectivity index (χ3n) is 1.96. The maximum Gasteiger partial charge on any atom is 0.313 e. The fourth-order valence-corrected chi connectivity index (χ4v) is 3.08. The van der Waals surface area contributed by atoms with Crippen LogP contribution in [0.4, 0.5) is 0 Å². The molecule has 19 heavy (non-hydrogen) atoms. The molecule has 0 spiro atoms. The zero-order valence-corrected chi connectivity index (χ0v) is 13.3. The van der Waals surface area contributed by atoms with Gasteiger partial charge in [-0.1, -0.05) is 22.0 Å². The van der Waals surface area contributed by atoms with Crippen molar-refractivity contribution < 1.29 is 14.7 Å². The highest BCUT2D eigenvalue weighted by atomic mass is 79.9. The monoisotopic (exact) mass is 363 g/mol. The molecule has 0 saturated heterocycles. The summed E-state index contributed by atoms with van der Waals surface area (Å²) in [5.41, 5.74) is 0. The molecule has 0 unspecified atom stereocenters. The lowest BCUT2D eigenvalue weighted by Crippen LogP contribution is -2.27. The number of carbonyl (C=O) groups is 2. The lowest BCUT2D eigenvalue weighted by atomic mass is 10.4. The van der Waals surface area contributed by atoms with Crippen LogP contribution in [0.25, 0.3) is 0 Å². The van der Waals surface area contributed by atoms with Gasteiger partial charge in [-0.3, -0.25) is 9.59 Å². The molecule has 0 atom stereocenters. The number of halogens is 1. The zero-order chi connectivity index (χ0) is 14.1. The Morgan fingerprint density at radius 1 is 1.32 bits per heavy atom. The number of nitrogens with one attached hydrogen (secondary N) is 1. The SMILES string of the molecule is O=C(O)CSCCNC(=O)CSc1cccc(Br)c1. The summed E-state index contributed by atoms with van der Waals surface area (Å²) >= 11 is 6.14. The van der Waals surface area contributed by atoms with Crippen molar-refractivity contribution in [3.05, 3.63) is 28.7 Å². The van der Waals surface area contributed by atoms with Gasteiger partial charge in [0.1, 0.15) is 0 Å². The van der Waals surface area contributed by atoms with Gasteiger partial charge in [0, 0.05) is 21.7 Å².